The topological polar surface area (TPSA) is 41.1 Å². The number of hydrogen-bond acceptors (Lipinski definition) is 2. The van der Waals surface area contributed by atoms with Crippen LogP contribution in [0.3, 0.4) is 0 Å². The first-order valence-corrected chi connectivity index (χ1v) is 5.84. The Balaban J connectivity index is 3.51. The second kappa shape index (κ2) is 9.71. The summed E-state index contributed by atoms with van der Waals surface area (Å²) in [5, 5.41) is 6.09. The number of nitrogens with one attached hydrogen (secondary N) is 2. The summed E-state index contributed by atoms with van der Waals surface area (Å²) in [4.78, 5) is 11.5. The number of allylic oxidation sites excluding steroid dienone is 1. The monoisotopic (exact) mass is 212 g/mol. The van der Waals surface area contributed by atoms with Gasteiger partial charge in [0.1, 0.15) is 0 Å². The number of rotatable bonds is 8. The molecule has 0 saturated heterocycles. The Kier molecular flexibility index (Phi) is 9.18. The van der Waals surface area contributed by atoms with Crippen LogP contribution in [0.4, 0.5) is 0 Å². The Bertz CT molecular complexity index is 190. The van der Waals surface area contributed by atoms with E-state index in [2.05, 4.69) is 23.6 Å². The molecule has 1 unspecified atom stereocenters. The van der Waals surface area contributed by atoms with Crippen LogP contribution in [0.5, 0.6) is 0 Å². The van der Waals surface area contributed by atoms with E-state index in [9.17, 15) is 4.79 Å². The molecule has 0 fully saturated rings. The van der Waals surface area contributed by atoms with Crippen LogP contribution in [0.1, 0.15) is 40.0 Å². The van der Waals surface area contributed by atoms with Gasteiger partial charge in [-0.05, 0) is 33.2 Å². The van der Waals surface area contributed by atoms with E-state index in [-0.39, 0.29) is 11.9 Å². The SMILES string of the molecule is C/C=C/CCNC(C)C(=O)NCCCC. The molecule has 0 radical (unpaired) electrons. The molecule has 3 nitrogen and oxygen atoms in total. The van der Waals surface area contributed by atoms with Crippen molar-refractivity contribution in [1.82, 2.24) is 10.6 Å². The number of carbonyl (C=O) groups is 1. The highest BCUT2D eigenvalue weighted by molar-refractivity contribution is 5.81. The minimum absolute atomic E-state index is 0.0906. The molecule has 0 aromatic heterocycles. The summed E-state index contributed by atoms with van der Waals surface area (Å²) in [6, 6.07) is -0.0906. The molecular weight excluding hydrogens is 188 g/mol. The third-order valence-electron chi connectivity index (χ3n) is 2.22. The summed E-state index contributed by atoms with van der Waals surface area (Å²) in [5.74, 6) is 0.101. The predicted molar refractivity (Wildman–Crippen MR) is 64.8 cm³/mol. The number of unbranched alkanes of at least 4 members (excludes halogenated alkanes) is 1. The van der Waals surface area contributed by atoms with Crippen molar-refractivity contribution in [3.63, 3.8) is 0 Å². The van der Waals surface area contributed by atoms with Gasteiger partial charge in [-0.1, -0.05) is 25.5 Å². The van der Waals surface area contributed by atoms with Crippen LogP contribution >= 0.6 is 0 Å². The van der Waals surface area contributed by atoms with Crippen LogP contribution in [0, 0.1) is 0 Å². The van der Waals surface area contributed by atoms with Gasteiger partial charge < -0.3 is 10.6 Å². The smallest absolute Gasteiger partial charge is 0.236 e. The summed E-state index contributed by atoms with van der Waals surface area (Å²) >= 11 is 0. The molecular formula is C12H24N2O. The van der Waals surface area contributed by atoms with E-state index in [1.165, 1.54) is 0 Å². The lowest BCUT2D eigenvalue weighted by atomic mass is 10.2. The molecule has 88 valence electrons. The molecule has 0 aliphatic carbocycles. The van der Waals surface area contributed by atoms with Gasteiger partial charge >= 0.3 is 0 Å². The van der Waals surface area contributed by atoms with E-state index in [0.29, 0.717) is 0 Å². The number of carbonyl (C=O) groups excluding carboxylic acids is 1. The van der Waals surface area contributed by atoms with Gasteiger partial charge in [-0.25, -0.2) is 0 Å². The molecule has 0 heterocycles. The zero-order valence-corrected chi connectivity index (χ0v) is 10.2. The second-order valence-corrected chi connectivity index (χ2v) is 3.68. The summed E-state index contributed by atoms with van der Waals surface area (Å²) < 4.78 is 0. The lowest BCUT2D eigenvalue weighted by Crippen LogP contribution is -2.42. The molecule has 15 heavy (non-hydrogen) atoms. The van der Waals surface area contributed by atoms with Crippen LogP contribution in [-0.2, 0) is 4.79 Å². The quantitative estimate of drug-likeness (QED) is 0.476. The average Bonchev–Trinajstić information content (AvgIpc) is 2.24. The van der Waals surface area contributed by atoms with Crippen molar-refractivity contribution in [2.75, 3.05) is 13.1 Å². The Morgan fingerprint density at radius 2 is 2.13 bits per heavy atom. The molecule has 0 aromatic carbocycles. The van der Waals surface area contributed by atoms with Gasteiger partial charge in [-0.15, -0.1) is 0 Å². The van der Waals surface area contributed by atoms with Crippen LogP contribution in [0.25, 0.3) is 0 Å². The van der Waals surface area contributed by atoms with E-state index in [1.807, 2.05) is 19.9 Å². The molecule has 0 saturated carbocycles. The van der Waals surface area contributed by atoms with Gasteiger partial charge in [0.05, 0.1) is 6.04 Å². The van der Waals surface area contributed by atoms with Crippen LogP contribution in [0.2, 0.25) is 0 Å². The van der Waals surface area contributed by atoms with E-state index < -0.39 is 0 Å². The molecule has 0 aliphatic heterocycles. The van der Waals surface area contributed by atoms with Crippen LogP contribution in [-0.4, -0.2) is 25.0 Å². The summed E-state index contributed by atoms with van der Waals surface area (Å²) in [6.07, 6.45) is 7.26. The predicted octanol–water partition coefficient (Wildman–Crippen LogP) is 1.85. The van der Waals surface area contributed by atoms with E-state index in [0.717, 1.165) is 32.4 Å². The first-order valence-electron chi connectivity index (χ1n) is 5.84. The Morgan fingerprint density at radius 1 is 1.40 bits per heavy atom. The zero-order valence-electron chi connectivity index (χ0n) is 10.2. The van der Waals surface area contributed by atoms with Crippen molar-refractivity contribution >= 4 is 5.91 Å². The maximum Gasteiger partial charge on any atom is 0.236 e. The van der Waals surface area contributed by atoms with E-state index >= 15 is 0 Å². The first-order chi connectivity index (χ1) is 7.22. The van der Waals surface area contributed by atoms with Gasteiger partial charge in [-0.3, -0.25) is 4.79 Å². The van der Waals surface area contributed by atoms with Gasteiger partial charge in [0, 0.05) is 6.54 Å². The third kappa shape index (κ3) is 8.18. The number of hydrogen-bond donors (Lipinski definition) is 2. The molecule has 1 atom stereocenters. The molecule has 0 spiro atoms. The van der Waals surface area contributed by atoms with Crippen molar-refractivity contribution in [2.45, 2.75) is 46.1 Å². The van der Waals surface area contributed by atoms with Crippen molar-refractivity contribution in [1.29, 1.82) is 0 Å². The minimum atomic E-state index is -0.0906. The Morgan fingerprint density at radius 3 is 2.73 bits per heavy atom. The number of amides is 1. The largest absolute Gasteiger partial charge is 0.355 e. The Hall–Kier alpha value is -0.830. The molecule has 3 heteroatoms. The third-order valence-corrected chi connectivity index (χ3v) is 2.22. The fraction of sp³-hybridized carbons (Fsp3) is 0.750. The first kappa shape index (κ1) is 14.2. The highest BCUT2D eigenvalue weighted by atomic mass is 16.2. The normalized spacial score (nSPS) is 13.0. The molecule has 2 N–H and O–H groups in total. The van der Waals surface area contributed by atoms with Crippen molar-refractivity contribution in [3.8, 4) is 0 Å². The van der Waals surface area contributed by atoms with Gasteiger partial charge in [0.2, 0.25) is 5.91 Å². The second-order valence-electron chi connectivity index (χ2n) is 3.68. The van der Waals surface area contributed by atoms with Crippen molar-refractivity contribution in [3.05, 3.63) is 12.2 Å². The molecule has 0 bridgehead atoms. The summed E-state index contributed by atoms with van der Waals surface area (Å²) in [5.41, 5.74) is 0. The average molecular weight is 212 g/mol. The van der Waals surface area contributed by atoms with Crippen LogP contribution in [0.15, 0.2) is 12.2 Å². The van der Waals surface area contributed by atoms with Gasteiger partial charge in [-0.2, -0.15) is 0 Å². The summed E-state index contributed by atoms with van der Waals surface area (Å²) in [6.45, 7) is 7.66. The zero-order chi connectivity index (χ0) is 11.5. The lowest BCUT2D eigenvalue weighted by Gasteiger charge is -2.13. The maximum atomic E-state index is 11.5. The fourth-order valence-corrected chi connectivity index (χ4v) is 1.18. The maximum absolute atomic E-state index is 11.5. The Labute approximate surface area is 93.3 Å². The standard InChI is InChI=1S/C12H24N2O/c1-4-6-8-10-13-11(3)12(15)14-9-7-5-2/h4,6,11,13H,5,7-10H2,1-3H3,(H,14,15)/b6-4+. The van der Waals surface area contributed by atoms with Gasteiger partial charge in [0.15, 0.2) is 0 Å². The highest BCUT2D eigenvalue weighted by Gasteiger charge is 2.09. The van der Waals surface area contributed by atoms with Gasteiger partial charge in [0.25, 0.3) is 0 Å². The molecule has 0 aromatic rings. The van der Waals surface area contributed by atoms with E-state index in [1.54, 1.807) is 0 Å². The highest BCUT2D eigenvalue weighted by Crippen LogP contribution is 1.87. The van der Waals surface area contributed by atoms with Crippen molar-refractivity contribution in [2.24, 2.45) is 0 Å². The van der Waals surface area contributed by atoms with Crippen molar-refractivity contribution < 1.29 is 4.79 Å². The summed E-state index contributed by atoms with van der Waals surface area (Å²) in [7, 11) is 0. The minimum Gasteiger partial charge on any atom is -0.355 e. The molecule has 1 amide bonds. The lowest BCUT2D eigenvalue weighted by molar-refractivity contribution is -0.122. The molecule has 0 aliphatic rings. The fourth-order valence-electron chi connectivity index (χ4n) is 1.18. The molecule has 0 rings (SSSR count). The van der Waals surface area contributed by atoms with Crippen LogP contribution < -0.4 is 10.6 Å². The van der Waals surface area contributed by atoms with E-state index in [4.69, 9.17) is 0 Å².